The van der Waals surface area contributed by atoms with Gasteiger partial charge in [-0.2, -0.15) is 0 Å². The summed E-state index contributed by atoms with van der Waals surface area (Å²) in [6.45, 7) is 2.04. The second-order valence-corrected chi connectivity index (χ2v) is 8.37. The largest absolute Gasteiger partial charge is 0.366 e. The van der Waals surface area contributed by atoms with Gasteiger partial charge in [-0.25, -0.2) is 13.4 Å². The number of pyridine rings is 1. The number of rotatable bonds is 5. The molecule has 1 aromatic carbocycles. The number of aromatic nitrogens is 1. The van der Waals surface area contributed by atoms with Crippen molar-refractivity contribution in [3.63, 3.8) is 0 Å². The second kappa shape index (κ2) is 7.23. The van der Waals surface area contributed by atoms with Gasteiger partial charge < -0.3 is 10.6 Å². The lowest BCUT2D eigenvalue weighted by molar-refractivity contribution is 0.102. The van der Waals surface area contributed by atoms with E-state index in [9.17, 15) is 13.2 Å². The number of carbonyl (C=O) groups is 1. The molecule has 0 spiro atoms. The molecule has 6 nitrogen and oxygen atoms in total. The molecular formula is C18H21N3O3S. The van der Waals surface area contributed by atoms with Gasteiger partial charge in [-0.05, 0) is 36.6 Å². The number of anilines is 2. The Hall–Kier alpha value is -2.41. The molecule has 0 saturated carbocycles. The van der Waals surface area contributed by atoms with Crippen LogP contribution in [0.3, 0.4) is 0 Å². The maximum atomic E-state index is 12.4. The van der Waals surface area contributed by atoms with E-state index in [1.807, 2.05) is 31.2 Å². The number of aryl methyl sites for hydroxylation is 1. The van der Waals surface area contributed by atoms with Crippen LogP contribution in [-0.2, 0) is 16.3 Å². The van der Waals surface area contributed by atoms with E-state index in [0.717, 1.165) is 17.7 Å². The molecule has 132 valence electrons. The highest BCUT2D eigenvalue weighted by molar-refractivity contribution is 7.91. The third kappa shape index (κ3) is 4.36. The van der Waals surface area contributed by atoms with Crippen LogP contribution in [0.1, 0.15) is 29.3 Å². The standard InChI is InChI=1S/C18H21N3O3S/c1-2-13-5-3-4-6-16(13)21-18(22)14-7-8-17(19-11-14)20-15-9-10-25(23,24)12-15/h3-8,11,15H,2,9-10,12H2,1H3,(H,19,20)(H,21,22). The molecular weight excluding hydrogens is 338 g/mol. The fourth-order valence-corrected chi connectivity index (χ4v) is 4.55. The summed E-state index contributed by atoms with van der Waals surface area (Å²) in [4.78, 5) is 16.6. The van der Waals surface area contributed by atoms with Crippen molar-refractivity contribution in [3.8, 4) is 0 Å². The fraction of sp³-hybridized carbons (Fsp3) is 0.333. The molecule has 7 heteroatoms. The molecule has 1 aliphatic rings. The number of hydrogen-bond donors (Lipinski definition) is 2. The third-order valence-electron chi connectivity index (χ3n) is 4.26. The van der Waals surface area contributed by atoms with Gasteiger partial charge in [-0.15, -0.1) is 0 Å². The summed E-state index contributed by atoms with van der Waals surface area (Å²) in [6, 6.07) is 11.0. The van der Waals surface area contributed by atoms with E-state index in [1.165, 1.54) is 6.20 Å². The van der Waals surface area contributed by atoms with Gasteiger partial charge in [0.2, 0.25) is 0 Å². The van der Waals surface area contributed by atoms with Crippen LogP contribution in [0.15, 0.2) is 42.6 Å². The van der Waals surface area contributed by atoms with E-state index < -0.39 is 9.84 Å². The molecule has 1 atom stereocenters. The van der Waals surface area contributed by atoms with Crippen molar-refractivity contribution in [2.24, 2.45) is 0 Å². The summed E-state index contributed by atoms with van der Waals surface area (Å²) >= 11 is 0. The van der Waals surface area contributed by atoms with E-state index in [4.69, 9.17) is 0 Å². The van der Waals surface area contributed by atoms with Crippen molar-refractivity contribution in [2.75, 3.05) is 22.1 Å². The Morgan fingerprint density at radius 2 is 2.04 bits per heavy atom. The van der Waals surface area contributed by atoms with E-state index in [-0.39, 0.29) is 23.5 Å². The number of para-hydroxylation sites is 1. The first-order chi connectivity index (χ1) is 12.0. The molecule has 1 fully saturated rings. The predicted octanol–water partition coefficient (Wildman–Crippen LogP) is 2.50. The predicted molar refractivity (Wildman–Crippen MR) is 98.7 cm³/mol. The Morgan fingerprint density at radius 1 is 1.24 bits per heavy atom. The SMILES string of the molecule is CCc1ccccc1NC(=O)c1ccc(NC2CCS(=O)(=O)C2)nc1. The third-order valence-corrected chi connectivity index (χ3v) is 6.02. The highest BCUT2D eigenvalue weighted by atomic mass is 32.2. The first-order valence-corrected chi connectivity index (χ1v) is 10.1. The number of amides is 1. The van der Waals surface area contributed by atoms with Crippen molar-refractivity contribution >= 4 is 27.2 Å². The average Bonchev–Trinajstić information content (AvgIpc) is 2.94. The minimum atomic E-state index is -2.93. The van der Waals surface area contributed by atoms with Crippen molar-refractivity contribution in [1.82, 2.24) is 4.98 Å². The topological polar surface area (TPSA) is 88.2 Å². The number of sulfone groups is 1. The molecule has 1 aromatic heterocycles. The zero-order valence-corrected chi connectivity index (χ0v) is 14.8. The molecule has 1 unspecified atom stereocenters. The van der Waals surface area contributed by atoms with E-state index in [0.29, 0.717) is 17.8 Å². The van der Waals surface area contributed by atoms with E-state index in [1.54, 1.807) is 12.1 Å². The van der Waals surface area contributed by atoms with Gasteiger partial charge in [-0.1, -0.05) is 25.1 Å². The normalized spacial score (nSPS) is 18.7. The lowest BCUT2D eigenvalue weighted by Gasteiger charge is -2.12. The molecule has 0 radical (unpaired) electrons. The van der Waals surface area contributed by atoms with Crippen molar-refractivity contribution in [3.05, 3.63) is 53.7 Å². The Balaban J connectivity index is 1.64. The summed E-state index contributed by atoms with van der Waals surface area (Å²) in [6.07, 6.45) is 2.91. The molecule has 2 aromatic rings. The molecule has 1 amide bonds. The van der Waals surface area contributed by atoms with Crippen LogP contribution in [0, 0.1) is 0 Å². The summed E-state index contributed by atoms with van der Waals surface area (Å²) in [5.41, 5.74) is 2.33. The quantitative estimate of drug-likeness (QED) is 0.856. The Bertz CT molecular complexity index is 863. The minimum absolute atomic E-state index is 0.117. The average molecular weight is 359 g/mol. The van der Waals surface area contributed by atoms with Crippen LogP contribution in [0.2, 0.25) is 0 Å². The maximum absolute atomic E-state index is 12.4. The summed E-state index contributed by atoms with van der Waals surface area (Å²) < 4.78 is 23.0. The van der Waals surface area contributed by atoms with Crippen LogP contribution in [0.4, 0.5) is 11.5 Å². The van der Waals surface area contributed by atoms with Crippen molar-refractivity contribution < 1.29 is 13.2 Å². The molecule has 0 aliphatic carbocycles. The minimum Gasteiger partial charge on any atom is -0.366 e. The maximum Gasteiger partial charge on any atom is 0.257 e. The highest BCUT2D eigenvalue weighted by Crippen LogP contribution is 2.18. The molecule has 0 bridgehead atoms. The molecule has 25 heavy (non-hydrogen) atoms. The molecule has 2 N–H and O–H groups in total. The molecule has 1 aliphatic heterocycles. The van der Waals surface area contributed by atoms with Gasteiger partial charge in [-0.3, -0.25) is 4.79 Å². The van der Waals surface area contributed by atoms with Crippen LogP contribution in [0.25, 0.3) is 0 Å². The molecule has 3 rings (SSSR count). The van der Waals surface area contributed by atoms with Crippen LogP contribution in [-0.4, -0.2) is 36.9 Å². The smallest absolute Gasteiger partial charge is 0.257 e. The van der Waals surface area contributed by atoms with Crippen LogP contribution in [0.5, 0.6) is 0 Å². The van der Waals surface area contributed by atoms with E-state index >= 15 is 0 Å². The summed E-state index contributed by atoms with van der Waals surface area (Å²) in [5.74, 6) is 0.697. The zero-order chi connectivity index (χ0) is 17.9. The number of hydrogen-bond acceptors (Lipinski definition) is 5. The van der Waals surface area contributed by atoms with Crippen LogP contribution >= 0.6 is 0 Å². The highest BCUT2D eigenvalue weighted by Gasteiger charge is 2.27. The van der Waals surface area contributed by atoms with Crippen molar-refractivity contribution in [1.29, 1.82) is 0 Å². The Morgan fingerprint density at radius 3 is 2.68 bits per heavy atom. The summed E-state index contributed by atoms with van der Waals surface area (Å²) in [7, 11) is -2.93. The number of carbonyl (C=O) groups excluding carboxylic acids is 1. The van der Waals surface area contributed by atoms with Gasteiger partial charge in [0.05, 0.1) is 17.1 Å². The second-order valence-electron chi connectivity index (χ2n) is 6.14. The van der Waals surface area contributed by atoms with Gasteiger partial charge in [0.25, 0.3) is 5.91 Å². The number of benzene rings is 1. The Kier molecular flexibility index (Phi) is 5.03. The number of nitrogens with zero attached hydrogens (tertiary/aromatic N) is 1. The Labute approximate surface area is 147 Å². The monoisotopic (exact) mass is 359 g/mol. The lowest BCUT2D eigenvalue weighted by Crippen LogP contribution is -2.21. The van der Waals surface area contributed by atoms with Crippen LogP contribution < -0.4 is 10.6 Å². The van der Waals surface area contributed by atoms with Gasteiger partial charge >= 0.3 is 0 Å². The lowest BCUT2D eigenvalue weighted by atomic mass is 10.1. The van der Waals surface area contributed by atoms with Gasteiger partial charge in [0.1, 0.15) is 5.82 Å². The summed E-state index contributed by atoms with van der Waals surface area (Å²) in [5, 5.41) is 6.01. The van der Waals surface area contributed by atoms with Crippen molar-refractivity contribution in [2.45, 2.75) is 25.8 Å². The van der Waals surface area contributed by atoms with Gasteiger partial charge in [0, 0.05) is 17.9 Å². The zero-order valence-electron chi connectivity index (χ0n) is 14.0. The van der Waals surface area contributed by atoms with Gasteiger partial charge in [0.15, 0.2) is 9.84 Å². The number of nitrogens with one attached hydrogen (secondary N) is 2. The van der Waals surface area contributed by atoms with E-state index in [2.05, 4.69) is 15.6 Å². The first kappa shape index (κ1) is 17.4. The molecule has 1 saturated heterocycles. The molecule has 2 heterocycles. The fourth-order valence-electron chi connectivity index (χ4n) is 2.88. The first-order valence-electron chi connectivity index (χ1n) is 8.29.